The maximum atomic E-state index is 13.5. The van der Waals surface area contributed by atoms with Crippen molar-refractivity contribution in [3.63, 3.8) is 0 Å². The van der Waals surface area contributed by atoms with Crippen LogP contribution in [0.3, 0.4) is 0 Å². The maximum absolute atomic E-state index is 13.5. The van der Waals surface area contributed by atoms with Crippen LogP contribution in [0.25, 0.3) is 10.1 Å². The molecule has 112 valence electrons. The molecule has 0 bridgehead atoms. The number of nitrogens with zero attached hydrogens (tertiary/aromatic N) is 1. The van der Waals surface area contributed by atoms with E-state index in [1.165, 1.54) is 22.1 Å². The average molecular weight is 320 g/mol. The van der Waals surface area contributed by atoms with Crippen LogP contribution in [0.2, 0.25) is 0 Å². The Labute approximate surface area is 127 Å². The van der Waals surface area contributed by atoms with Gasteiger partial charge in [-0.15, -0.1) is 11.3 Å². The second-order valence-corrected chi connectivity index (χ2v) is 5.57. The smallest absolute Gasteiger partial charge is 0.259 e. The number of anilines is 1. The lowest BCUT2D eigenvalue weighted by atomic mass is 10.3. The molecule has 0 atom stereocenters. The number of fused-ring (bicyclic) bond motifs is 1. The van der Waals surface area contributed by atoms with E-state index in [9.17, 15) is 18.4 Å². The van der Waals surface area contributed by atoms with Crippen molar-refractivity contribution in [1.29, 1.82) is 0 Å². The summed E-state index contributed by atoms with van der Waals surface area (Å²) >= 11 is 1.44. The normalized spacial score (nSPS) is 10.8. The lowest BCUT2D eigenvalue weighted by Crippen LogP contribution is -2.27. The molecule has 1 amide bonds. The molecule has 0 saturated carbocycles. The van der Waals surface area contributed by atoms with Gasteiger partial charge in [-0.05, 0) is 29.6 Å². The van der Waals surface area contributed by atoms with Crippen LogP contribution in [0.15, 0.2) is 46.7 Å². The van der Waals surface area contributed by atoms with Gasteiger partial charge >= 0.3 is 0 Å². The lowest BCUT2D eigenvalue weighted by Gasteiger charge is -2.08. The Morgan fingerprint density at radius 2 is 2.05 bits per heavy atom. The Hall–Kier alpha value is -2.54. The summed E-state index contributed by atoms with van der Waals surface area (Å²) in [6.07, 6.45) is 1.52. The van der Waals surface area contributed by atoms with Crippen molar-refractivity contribution in [1.82, 2.24) is 4.57 Å². The Balaban J connectivity index is 1.81. The average Bonchev–Trinajstić information content (AvgIpc) is 2.94. The van der Waals surface area contributed by atoms with Crippen molar-refractivity contribution in [2.45, 2.75) is 6.54 Å². The number of rotatable bonds is 3. The van der Waals surface area contributed by atoms with Crippen molar-refractivity contribution < 1.29 is 13.6 Å². The Morgan fingerprint density at radius 1 is 1.23 bits per heavy atom. The standard InChI is InChI=1S/C15H10F2N2O2S/c16-9-1-2-12(11(17)7-9)18-14(20)8-19-5-3-13-10(15(19)21)4-6-22-13/h1-7H,8H2,(H,18,20). The van der Waals surface area contributed by atoms with E-state index in [4.69, 9.17) is 0 Å². The highest BCUT2D eigenvalue weighted by Gasteiger charge is 2.10. The summed E-state index contributed by atoms with van der Waals surface area (Å²) in [6, 6.07) is 6.29. The molecule has 2 heterocycles. The third-order valence-electron chi connectivity index (χ3n) is 3.11. The number of nitrogens with one attached hydrogen (secondary N) is 1. The van der Waals surface area contributed by atoms with E-state index in [0.29, 0.717) is 11.5 Å². The predicted molar refractivity (Wildman–Crippen MR) is 81.1 cm³/mol. The van der Waals surface area contributed by atoms with Gasteiger partial charge in [-0.2, -0.15) is 0 Å². The first-order chi connectivity index (χ1) is 10.5. The second-order valence-electron chi connectivity index (χ2n) is 4.62. The van der Waals surface area contributed by atoms with Crippen LogP contribution in [-0.4, -0.2) is 10.5 Å². The molecule has 0 aliphatic carbocycles. The molecule has 1 N–H and O–H groups in total. The van der Waals surface area contributed by atoms with Crippen molar-refractivity contribution in [3.8, 4) is 0 Å². The minimum Gasteiger partial charge on any atom is -0.322 e. The van der Waals surface area contributed by atoms with Gasteiger partial charge in [-0.1, -0.05) is 0 Å². The number of pyridine rings is 1. The summed E-state index contributed by atoms with van der Waals surface area (Å²) in [5.74, 6) is -2.16. The molecule has 0 radical (unpaired) electrons. The molecule has 0 saturated heterocycles. The van der Waals surface area contributed by atoms with E-state index in [-0.39, 0.29) is 17.8 Å². The number of hydrogen-bond donors (Lipinski definition) is 1. The number of amides is 1. The zero-order valence-electron chi connectivity index (χ0n) is 11.2. The summed E-state index contributed by atoms with van der Waals surface area (Å²) < 4.78 is 28.4. The molecule has 3 aromatic rings. The number of carbonyl (C=O) groups is 1. The topological polar surface area (TPSA) is 51.1 Å². The molecular weight excluding hydrogens is 310 g/mol. The summed E-state index contributed by atoms with van der Waals surface area (Å²) in [5.41, 5.74) is -0.412. The van der Waals surface area contributed by atoms with Crippen molar-refractivity contribution >= 4 is 33.0 Å². The first-order valence-corrected chi connectivity index (χ1v) is 7.24. The quantitative estimate of drug-likeness (QED) is 0.806. The summed E-state index contributed by atoms with van der Waals surface area (Å²) in [5, 5.41) is 4.65. The van der Waals surface area contributed by atoms with Gasteiger partial charge in [-0.3, -0.25) is 9.59 Å². The minimum absolute atomic E-state index is 0.129. The fraction of sp³-hybridized carbons (Fsp3) is 0.0667. The van der Waals surface area contributed by atoms with Gasteiger partial charge in [0, 0.05) is 17.0 Å². The lowest BCUT2D eigenvalue weighted by molar-refractivity contribution is -0.116. The van der Waals surface area contributed by atoms with Crippen LogP contribution in [0, 0.1) is 11.6 Å². The molecule has 0 spiro atoms. The third kappa shape index (κ3) is 2.75. The predicted octanol–water partition coefficient (Wildman–Crippen LogP) is 2.98. The van der Waals surface area contributed by atoms with Gasteiger partial charge in [0.25, 0.3) is 5.56 Å². The fourth-order valence-corrected chi connectivity index (χ4v) is 2.84. The number of benzene rings is 1. The van der Waals surface area contributed by atoms with Crippen molar-refractivity contribution in [3.05, 3.63) is 63.9 Å². The monoisotopic (exact) mass is 320 g/mol. The van der Waals surface area contributed by atoms with E-state index in [0.717, 1.165) is 16.8 Å². The second kappa shape index (κ2) is 5.69. The molecule has 2 aromatic heterocycles. The molecule has 22 heavy (non-hydrogen) atoms. The van der Waals surface area contributed by atoms with E-state index < -0.39 is 17.5 Å². The third-order valence-corrected chi connectivity index (χ3v) is 3.99. The zero-order chi connectivity index (χ0) is 15.7. The first kappa shape index (κ1) is 14.4. The van der Waals surface area contributed by atoms with Gasteiger partial charge in [0.1, 0.15) is 18.2 Å². The number of carbonyl (C=O) groups excluding carboxylic acids is 1. The van der Waals surface area contributed by atoms with E-state index in [2.05, 4.69) is 5.32 Å². The minimum atomic E-state index is -0.867. The summed E-state index contributed by atoms with van der Waals surface area (Å²) in [6.45, 7) is -0.249. The molecule has 3 rings (SSSR count). The van der Waals surface area contributed by atoms with Gasteiger partial charge in [0.2, 0.25) is 5.91 Å². The number of halogens is 2. The van der Waals surface area contributed by atoms with E-state index in [1.54, 1.807) is 17.5 Å². The fourth-order valence-electron chi connectivity index (χ4n) is 2.07. The van der Waals surface area contributed by atoms with Crippen molar-refractivity contribution in [2.75, 3.05) is 5.32 Å². The van der Waals surface area contributed by atoms with E-state index >= 15 is 0 Å². The number of aromatic nitrogens is 1. The molecule has 7 heteroatoms. The zero-order valence-corrected chi connectivity index (χ0v) is 12.0. The first-order valence-electron chi connectivity index (χ1n) is 6.36. The van der Waals surface area contributed by atoms with Gasteiger partial charge in [-0.25, -0.2) is 8.78 Å². The van der Waals surface area contributed by atoms with Gasteiger partial charge in [0.05, 0.1) is 11.1 Å². The molecule has 0 aliphatic heterocycles. The molecule has 0 unspecified atom stereocenters. The Kier molecular flexibility index (Phi) is 3.72. The number of hydrogen-bond acceptors (Lipinski definition) is 3. The maximum Gasteiger partial charge on any atom is 0.259 e. The van der Waals surface area contributed by atoms with Crippen LogP contribution in [0.4, 0.5) is 14.5 Å². The molecule has 4 nitrogen and oxygen atoms in total. The largest absolute Gasteiger partial charge is 0.322 e. The number of thiophene rings is 1. The SMILES string of the molecule is O=C(Cn1ccc2sccc2c1=O)Nc1ccc(F)cc1F. The van der Waals surface area contributed by atoms with Crippen LogP contribution in [-0.2, 0) is 11.3 Å². The molecular formula is C15H10F2N2O2S. The van der Waals surface area contributed by atoms with Crippen LogP contribution >= 0.6 is 11.3 Å². The summed E-state index contributed by atoms with van der Waals surface area (Å²) in [4.78, 5) is 24.1. The highest BCUT2D eigenvalue weighted by molar-refractivity contribution is 7.17. The van der Waals surface area contributed by atoms with Crippen LogP contribution < -0.4 is 10.9 Å². The van der Waals surface area contributed by atoms with Crippen molar-refractivity contribution in [2.24, 2.45) is 0 Å². The highest BCUT2D eigenvalue weighted by Crippen LogP contribution is 2.17. The Bertz CT molecular complexity index is 917. The molecule has 0 aliphatic rings. The van der Waals surface area contributed by atoms with Gasteiger partial charge in [0.15, 0.2) is 0 Å². The van der Waals surface area contributed by atoms with E-state index in [1.807, 2.05) is 0 Å². The Morgan fingerprint density at radius 3 is 2.82 bits per heavy atom. The molecule has 0 fully saturated rings. The summed E-state index contributed by atoms with van der Waals surface area (Å²) in [7, 11) is 0. The van der Waals surface area contributed by atoms with Crippen LogP contribution in [0.5, 0.6) is 0 Å². The highest BCUT2D eigenvalue weighted by atomic mass is 32.1. The van der Waals surface area contributed by atoms with Crippen LogP contribution in [0.1, 0.15) is 0 Å². The van der Waals surface area contributed by atoms with Gasteiger partial charge < -0.3 is 9.88 Å². The molecule has 1 aromatic carbocycles.